The average Bonchev–Trinajstić information content (AvgIpc) is 2.38. The summed E-state index contributed by atoms with van der Waals surface area (Å²) in [4.78, 5) is 24.9. The quantitative estimate of drug-likeness (QED) is 0.842. The van der Waals surface area contributed by atoms with Crippen LogP contribution in [0.3, 0.4) is 0 Å². The third-order valence-electron chi connectivity index (χ3n) is 2.27. The van der Waals surface area contributed by atoms with Gasteiger partial charge in [-0.3, -0.25) is 4.79 Å². The Labute approximate surface area is 102 Å². The highest BCUT2D eigenvalue weighted by Gasteiger charge is 2.07. The molecule has 0 spiro atoms. The number of carbonyl (C=O) groups is 1. The predicted molar refractivity (Wildman–Crippen MR) is 62.6 cm³/mol. The van der Waals surface area contributed by atoms with Crippen molar-refractivity contribution in [2.75, 3.05) is 0 Å². The van der Waals surface area contributed by atoms with Crippen LogP contribution in [0.4, 0.5) is 4.39 Å². The normalized spacial score (nSPS) is 10.1. The van der Waals surface area contributed by atoms with Crippen molar-refractivity contribution in [3.8, 4) is 0 Å². The molecule has 1 heterocycles. The van der Waals surface area contributed by atoms with Crippen molar-refractivity contribution in [1.29, 1.82) is 0 Å². The second kappa shape index (κ2) is 5.27. The van der Waals surface area contributed by atoms with Crippen LogP contribution in [0.1, 0.15) is 16.1 Å². The average molecular weight is 247 g/mol. The summed E-state index contributed by atoms with van der Waals surface area (Å²) >= 11 is 0. The van der Waals surface area contributed by atoms with Gasteiger partial charge >= 0.3 is 5.97 Å². The Morgan fingerprint density at radius 3 is 2.56 bits per heavy atom. The van der Waals surface area contributed by atoms with E-state index in [1.54, 1.807) is 0 Å². The molecule has 0 aliphatic rings. The Morgan fingerprint density at radius 1 is 1.17 bits per heavy atom. The molecule has 1 N–H and O–H groups in total. The minimum atomic E-state index is -0.628. The Balaban J connectivity index is 2.00. The van der Waals surface area contributed by atoms with Crippen molar-refractivity contribution >= 4 is 5.97 Å². The van der Waals surface area contributed by atoms with Crippen LogP contribution >= 0.6 is 0 Å². The number of ether oxygens (including phenoxy) is 1. The van der Waals surface area contributed by atoms with Gasteiger partial charge in [0.15, 0.2) is 0 Å². The summed E-state index contributed by atoms with van der Waals surface area (Å²) in [6.07, 6.45) is 0. The maximum atomic E-state index is 12.6. The number of rotatable bonds is 3. The van der Waals surface area contributed by atoms with Crippen molar-refractivity contribution in [2.45, 2.75) is 6.61 Å². The lowest BCUT2D eigenvalue weighted by Crippen LogP contribution is -2.13. The topological polar surface area (TPSA) is 59.2 Å². The van der Waals surface area contributed by atoms with E-state index in [0.717, 1.165) is 0 Å². The van der Waals surface area contributed by atoms with Gasteiger partial charge in [-0.25, -0.2) is 9.18 Å². The summed E-state index contributed by atoms with van der Waals surface area (Å²) in [7, 11) is 0. The molecule has 0 saturated heterocycles. The zero-order chi connectivity index (χ0) is 13.0. The lowest BCUT2D eigenvalue weighted by Gasteiger charge is -2.04. The number of esters is 1. The van der Waals surface area contributed by atoms with E-state index in [0.29, 0.717) is 5.56 Å². The predicted octanol–water partition coefficient (Wildman–Crippen LogP) is 1.87. The fourth-order valence-corrected chi connectivity index (χ4v) is 1.37. The van der Waals surface area contributed by atoms with Crippen molar-refractivity contribution < 1.29 is 13.9 Å². The first kappa shape index (κ1) is 12.0. The molecular weight excluding hydrogens is 237 g/mol. The van der Waals surface area contributed by atoms with Gasteiger partial charge in [-0.2, -0.15) is 0 Å². The van der Waals surface area contributed by atoms with Gasteiger partial charge in [0.1, 0.15) is 18.1 Å². The molecule has 1 aromatic carbocycles. The number of halogens is 1. The van der Waals surface area contributed by atoms with E-state index >= 15 is 0 Å². The van der Waals surface area contributed by atoms with Crippen molar-refractivity contribution in [2.24, 2.45) is 0 Å². The molecule has 18 heavy (non-hydrogen) atoms. The van der Waals surface area contributed by atoms with Gasteiger partial charge in [-0.1, -0.05) is 18.2 Å². The number of aromatic amines is 1. The number of benzene rings is 1. The second-order valence-corrected chi connectivity index (χ2v) is 3.63. The maximum absolute atomic E-state index is 12.6. The second-order valence-electron chi connectivity index (χ2n) is 3.63. The molecule has 0 bridgehead atoms. The molecule has 1 aromatic heterocycles. The molecule has 0 atom stereocenters. The number of hydrogen-bond donors (Lipinski definition) is 1. The number of H-pyrrole nitrogens is 1. The molecule has 0 amide bonds. The SMILES string of the molecule is O=C(OCc1ccc(F)cc1)c1cccc(=O)[nH]1. The monoisotopic (exact) mass is 247 g/mol. The summed E-state index contributed by atoms with van der Waals surface area (Å²) < 4.78 is 17.6. The van der Waals surface area contributed by atoms with Crippen LogP contribution in [0.15, 0.2) is 47.3 Å². The van der Waals surface area contributed by atoms with Crippen LogP contribution in [-0.4, -0.2) is 11.0 Å². The molecule has 2 aromatic rings. The fraction of sp³-hybridized carbons (Fsp3) is 0.0769. The van der Waals surface area contributed by atoms with Crippen LogP contribution in [0.5, 0.6) is 0 Å². The Morgan fingerprint density at radius 2 is 1.89 bits per heavy atom. The first-order chi connectivity index (χ1) is 8.65. The van der Waals surface area contributed by atoms with E-state index in [1.807, 2.05) is 0 Å². The van der Waals surface area contributed by atoms with Gasteiger partial charge < -0.3 is 9.72 Å². The first-order valence-corrected chi connectivity index (χ1v) is 5.26. The third kappa shape index (κ3) is 3.04. The van der Waals surface area contributed by atoms with E-state index in [1.165, 1.54) is 42.5 Å². The van der Waals surface area contributed by atoms with Gasteiger partial charge in [0, 0.05) is 6.07 Å². The highest BCUT2D eigenvalue weighted by Crippen LogP contribution is 2.05. The lowest BCUT2D eigenvalue weighted by atomic mass is 10.2. The van der Waals surface area contributed by atoms with Crippen molar-refractivity contribution in [3.05, 3.63) is 69.9 Å². The number of nitrogens with one attached hydrogen (secondary N) is 1. The van der Waals surface area contributed by atoms with Gasteiger partial charge in [0.25, 0.3) is 0 Å². The van der Waals surface area contributed by atoms with Crippen molar-refractivity contribution in [1.82, 2.24) is 4.98 Å². The van der Waals surface area contributed by atoms with E-state index in [-0.39, 0.29) is 23.7 Å². The molecule has 0 unspecified atom stereocenters. The van der Waals surface area contributed by atoms with Crippen LogP contribution in [0.25, 0.3) is 0 Å². The van der Waals surface area contributed by atoms with E-state index < -0.39 is 5.97 Å². The van der Waals surface area contributed by atoms with Gasteiger partial charge in [0.05, 0.1) is 0 Å². The summed E-state index contributed by atoms with van der Waals surface area (Å²) in [5.41, 5.74) is 0.388. The van der Waals surface area contributed by atoms with Crippen LogP contribution in [-0.2, 0) is 11.3 Å². The summed E-state index contributed by atoms with van der Waals surface area (Å²) in [6.45, 7) is 0.0238. The standard InChI is InChI=1S/C13H10FNO3/c14-10-6-4-9(5-7-10)8-18-13(17)11-2-1-3-12(16)15-11/h1-7H,8H2,(H,15,16). The van der Waals surface area contributed by atoms with E-state index in [4.69, 9.17) is 4.74 Å². The largest absolute Gasteiger partial charge is 0.456 e. The first-order valence-electron chi connectivity index (χ1n) is 5.26. The van der Waals surface area contributed by atoms with E-state index in [9.17, 15) is 14.0 Å². The number of pyridine rings is 1. The Bertz CT molecular complexity index is 604. The summed E-state index contributed by atoms with van der Waals surface area (Å²) in [6, 6.07) is 9.84. The van der Waals surface area contributed by atoms with Crippen LogP contribution in [0, 0.1) is 5.82 Å². The summed E-state index contributed by atoms with van der Waals surface area (Å²) in [5, 5.41) is 0. The minimum Gasteiger partial charge on any atom is -0.456 e. The highest BCUT2D eigenvalue weighted by molar-refractivity contribution is 5.87. The minimum absolute atomic E-state index is 0.0238. The number of hydrogen-bond acceptors (Lipinski definition) is 3. The molecule has 5 heteroatoms. The fourth-order valence-electron chi connectivity index (χ4n) is 1.37. The molecule has 4 nitrogen and oxygen atoms in total. The maximum Gasteiger partial charge on any atom is 0.355 e. The highest BCUT2D eigenvalue weighted by atomic mass is 19.1. The zero-order valence-corrected chi connectivity index (χ0v) is 9.35. The lowest BCUT2D eigenvalue weighted by molar-refractivity contribution is 0.0465. The molecule has 92 valence electrons. The molecule has 0 saturated carbocycles. The van der Waals surface area contributed by atoms with Gasteiger partial charge in [0.2, 0.25) is 5.56 Å². The molecule has 0 fully saturated rings. The van der Waals surface area contributed by atoms with Crippen LogP contribution in [0.2, 0.25) is 0 Å². The number of aromatic nitrogens is 1. The molecule has 0 aliphatic heterocycles. The van der Waals surface area contributed by atoms with Gasteiger partial charge in [-0.05, 0) is 23.8 Å². The molecule has 0 radical (unpaired) electrons. The molecule has 2 rings (SSSR count). The number of carbonyl (C=O) groups excluding carboxylic acids is 1. The Kier molecular flexibility index (Phi) is 3.52. The third-order valence-corrected chi connectivity index (χ3v) is 2.27. The van der Waals surface area contributed by atoms with E-state index in [2.05, 4.69) is 4.98 Å². The zero-order valence-electron chi connectivity index (χ0n) is 9.35. The van der Waals surface area contributed by atoms with Crippen molar-refractivity contribution in [3.63, 3.8) is 0 Å². The summed E-state index contributed by atoms with van der Waals surface area (Å²) in [5.74, 6) is -0.977. The van der Waals surface area contributed by atoms with Crippen LogP contribution < -0.4 is 5.56 Å². The molecule has 0 aliphatic carbocycles. The Hall–Kier alpha value is -2.43. The molecular formula is C13H10FNO3. The smallest absolute Gasteiger partial charge is 0.355 e. The van der Waals surface area contributed by atoms with Gasteiger partial charge in [-0.15, -0.1) is 0 Å².